The van der Waals surface area contributed by atoms with E-state index in [-0.39, 0.29) is 0 Å². The van der Waals surface area contributed by atoms with Crippen molar-refractivity contribution in [1.82, 2.24) is 0 Å². The molecule has 0 N–H and O–H groups in total. The van der Waals surface area contributed by atoms with Gasteiger partial charge < -0.3 is 5.21 Å². The highest BCUT2D eigenvalue weighted by Gasteiger charge is 1.89. The smallest absolute Gasteiger partial charge is 0.289 e. The Labute approximate surface area is 51.9 Å². The van der Waals surface area contributed by atoms with Crippen LogP contribution >= 0.6 is 11.6 Å². The maximum atomic E-state index is 10.3. The molecule has 1 heterocycles. The molecule has 1 rings (SSSR count). The summed E-state index contributed by atoms with van der Waals surface area (Å²) in [5.41, 5.74) is 0. The van der Waals surface area contributed by atoms with Crippen molar-refractivity contribution >= 4 is 11.6 Å². The summed E-state index contributed by atoms with van der Waals surface area (Å²) in [4.78, 5) is 0. The van der Waals surface area contributed by atoms with Crippen LogP contribution in [0.2, 0.25) is 5.02 Å². The first-order valence-corrected chi connectivity index (χ1v) is 2.43. The Morgan fingerprint density at radius 1 is 1.75 bits per heavy atom. The molecule has 1 aromatic rings. The highest BCUT2D eigenvalue weighted by molar-refractivity contribution is 6.30. The van der Waals surface area contributed by atoms with Crippen LogP contribution in [0, 0.1) is 11.4 Å². The van der Waals surface area contributed by atoms with E-state index in [1.807, 2.05) is 0 Å². The van der Waals surface area contributed by atoms with E-state index in [1.165, 1.54) is 12.3 Å². The summed E-state index contributed by atoms with van der Waals surface area (Å²) in [6.07, 6.45) is 3.59. The molecule has 0 bridgehead atoms. The van der Waals surface area contributed by atoms with Gasteiger partial charge in [0.2, 0.25) is 0 Å². The molecule has 0 aliphatic heterocycles. The van der Waals surface area contributed by atoms with Crippen LogP contribution in [0.1, 0.15) is 0 Å². The van der Waals surface area contributed by atoms with Crippen LogP contribution in [0.3, 0.4) is 0 Å². The van der Waals surface area contributed by atoms with Gasteiger partial charge in [0.25, 0.3) is 6.20 Å². The number of halogens is 1. The molecular formula is C5H3ClNO. The van der Waals surface area contributed by atoms with Gasteiger partial charge in [-0.1, -0.05) is 11.6 Å². The number of rotatable bonds is 0. The SMILES string of the molecule is [O-][n+]1[c]ccc(Cl)c1. The quantitative estimate of drug-likeness (QED) is 0.375. The number of aromatic nitrogens is 1. The fourth-order valence-electron chi connectivity index (χ4n) is 0.383. The molecule has 0 saturated carbocycles. The molecular weight excluding hydrogens is 126 g/mol. The third kappa shape index (κ3) is 1.10. The number of hydrogen-bond donors (Lipinski definition) is 0. The van der Waals surface area contributed by atoms with Crippen molar-refractivity contribution in [3.63, 3.8) is 0 Å². The van der Waals surface area contributed by atoms with Crippen LogP contribution in [-0.4, -0.2) is 0 Å². The lowest BCUT2D eigenvalue weighted by Crippen LogP contribution is -2.24. The summed E-state index contributed by atoms with van der Waals surface area (Å²) in [5, 5.41) is 10.7. The number of pyridine rings is 1. The summed E-state index contributed by atoms with van der Waals surface area (Å²) < 4.78 is 0.530. The van der Waals surface area contributed by atoms with Gasteiger partial charge in [0.1, 0.15) is 5.02 Å². The molecule has 1 aromatic heterocycles. The van der Waals surface area contributed by atoms with Crippen LogP contribution in [0.25, 0.3) is 0 Å². The summed E-state index contributed by atoms with van der Waals surface area (Å²) >= 11 is 5.40. The molecule has 3 heteroatoms. The van der Waals surface area contributed by atoms with Crippen LogP contribution in [0.4, 0.5) is 0 Å². The van der Waals surface area contributed by atoms with Gasteiger partial charge in [0, 0.05) is 6.07 Å². The second kappa shape index (κ2) is 2.01. The molecule has 0 spiro atoms. The Hall–Kier alpha value is -0.760. The molecule has 8 heavy (non-hydrogen) atoms. The Morgan fingerprint density at radius 3 is 2.88 bits per heavy atom. The van der Waals surface area contributed by atoms with Crippen molar-refractivity contribution in [2.24, 2.45) is 0 Å². The minimum Gasteiger partial charge on any atom is -0.618 e. The van der Waals surface area contributed by atoms with E-state index in [2.05, 4.69) is 6.20 Å². The van der Waals surface area contributed by atoms with E-state index in [9.17, 15) is 5.21 Å². The molecule has 0 aliphatic rings. The molecule has 0 fully saturated rings. The standard InChI is InChI=1S/C5H3ClNO/c6-5-2-1-3-7(8)4-5/h1-2,4H. The Bertz CT molecular complexity index is 172. The van der Waals surface area contributed by atoms with Crippen LogP contribution in [0.5, 0.6) is 0 Å². The van der Waals surface area contributed by atoms with Crippen molar-refractivity contribution in [3.8, 4) is 0 Å². The third-order valence-electron chi connectivity index (χ3n) is 0.685. The zero-order valence-electron chi connectivity index (χ0n) is 3.97. The fraction of sp³-hybridized carbons (Fsp3) is 0. The Balaban J connectivity index is 3.08. The molecule has 0 atom stereocenters. The topological polar surface area (TPSA) is 26.9 Å². The van der Waals surface area contributed by atoms with Gasteiger partial charge >= 0.3 is 0 Å². The van der Waals surface area contributed by atoms with Gasteiger partial charge in [0.05, 0.1) is 0 Å². The van der Waals surface area contributed by atoms with E-state index in [0.717, 1.165) is 0 Å². The molecule has 0 unspecified atom stereocenters. The summed E-state index contributed by atoms with van der Waals surface area (Å²) in [7, 11) is 0. The zero-order valence-corrected chi connectivity index (χ0v) is 4.72. The minimum absolute atomic E-state index is 0.429. The summed E-state index contributed by atoms with van der Waals surface area (Å²) in [5.74, 6) is 0. The molecule has 0 aromatic carbocycles. The average molecular weight is 129 g/mol. The predicted molar refractivity (Wildman–Crippen MR) is 29.2 cm³/mol. The lowest BCUT2D eigenvalue weighted by molar-refractivity contribution is -0.609. The highest BCUT2D eigenvalue weighted by Crippen LogP contribution is 1.99. The predicted octanol–water partition coefficient (Wildman–Crippen LogP) is 0.774. The Kier molecular flexibility index (Phi) is 1.35. The number of nitrogens with zero attached hydrogens (tertiary/aromatic N) is 1. The molecule has 41 valence electrons. The van der Waals surface area contributed by atoms with Crippen molar-refractivity contribution < 1.29 is 4.73 Å². The first kappa shape index (κ1) is 5.38. The molecule has 0 aliphatic carbocycles. The largest absolute Gasteiger partial charge is 0.618 e. The van der Waals surface area contributed by atoms with Crippen molar-refractivity contribution in [1.29, 1.82) is 0 Å². The average Bonchev–Trinajstić information content (AvgIpc) is 1.64. The second-order valence-corrected chi connectivity index (χ2v) is 1.74. The molecule has 0 saturated heterocycles. The number of hydrogen-bond acceptors (Lipinski definition) is 1. The minimum atomic E-state index is 0.429. The molecule has 1 radical (unpaired) electrons. The van der Waals surface area contributed by atoms with E-state index in [4.69, 9.17) is 11.6 Å². The van der Waals surface area contributed by atoms with Gasteiger partial charge in [-0.15, -0.1) is 0 Å². The van der Waals surface area contributed by atoms with Gasteiger partial charge in [-0.25, -0.2) is 0 Å². The Morgan fingerprint density at radius 2 is 2.50 bits per heavy atom. The lowest BCUT2D eigenvalue weighted by Gasteiger charge is -1.89. The summed E-state index contributed by atoms with van der Waals surface area (Å²) in [6.45, 7) is 0. The zero-order chi connectivity index (χ0) is 5.98. The maximum Gasteiger partial charge on any atom is 0.289 e. The lowest BCUT2D eigenvalue weighted by atomic mass is 10.5. The van der Waals surface area contributed by atoms with E-state index >= 15 is 0 Å². The first-order chi connectivity index (χ1) is 3.79. The van der Waals surface area contributed by atoms with Gasteiger partial charge in [-0.2, -0.15) is 4.73 Å². The molecule has 2 nitrogen and oxygen atoms in total. The van der Waals surface area contributed by atoms with Gasteiger partial charge in [0.15, 0.2) is 6.20 Å². The van der Waals surface area contributed by atoms with E-state index in [1.54, 1.807) is 6.07 Å². The van der Waals surface area contributed by atoms with Crippen LogP contribution < -0.4 is 4.73 Å². The first-order valence-electron chi connectivity index (χ1n) is 2.05. The monoisotopic (exact) mass is 128 g/mol. The third-order valence-corrected chi connectivity index (χ3v) is 0.908. The fourth-order valence-corrected chi connectivity index (χ4v) is 0.534. The van der Waals surface area contributed by atoms with E-state index in [0.29, 0.717) is 9.75 Å². The van der Waals surface area contributed by atoms with Crippen molar-refractivity contribution in [2.45, 2.75) is 0 Å². The van der Waals surface area contributed by atoms with Crippen molar-refractivity contribution in [2.75, 3.05) is 0 Å². The maximum absolute atomic E-state index is 10.3. The van der Waals surface area contributed by atoms with Gasteiger partial charge in [-0.3, -0.25) is 0 Å². The van der Waals surface area contributed by atoms with E-state index < -0.39 is 0 Å². The molecule has 0 amide bonds. The van der Waals surface area contributed by atoms with Crippen molar-refractivity contribution in [3.05, 3.63) is 34.8 Å². The summed E-state index contributed by atoms with van der Waals surface area (Å²) in [6, 6.07) is 3.06. The second-order valence-electron chi connectivity index (χ2n) is 1.30. The highest BCUT2D eigenvalue weighted by atomic mass is 35.5. The van der Waals surface area contributed by atoms with Crippen LogP contribution in [0.15, 0.2) is 18.3 Å². The van der Waals surface area contributed by atoms with Crippen LogP contribution in [-0.2, 0) is 0 Å². The normalized spacial score (nSPS) is 9.12. The van der Waals surface area contributed by atoms with Gasteiger partial charge in [-0.05, 0) is 6.07 Å².